The number of carbonyl (C=O) groups is 2. The van der Waals surface area contributed by atoms with Crippen molar-refractivity contribution in [3.63, 3.8) is 0 Å². The van der Waals surface area contributed by atoms with Crippen LogP contribution in [0.2, 0.25) is 0 Å². The summed E-state index contributed by atoms with van der Waals surface area (Å²) in [6.07, 6.45) is 1.76. The van der Waals surface area contributed by atoms with Crippen LogP contribution in [0.25, 0.3) is 0 Å². The van der Waals surface area contributed by atoms with Gasteiger partial charge in [-0.25, -0.2) is 9.59 Å². The molecule has 1 aliphatic carbocycles. The van der Waals surface area contributed by atoms with Crippen molar-refractivity contribution in [1.29, 1.82) is 0 Å². The number of aromatic carboxylic acids is 1. The van der Waals surface area contributed by atoms with Crippen molar-refractivity contribution < 1.29 is 19.4 Å². The second kappa shape index (κ2) is 5.99. The molecule has 0 spiro atoms. The zero-order valence-electron chi connectivity index (χ0n) is 13.5. The van der Waals surface area contributed by atoms with Gasteiger partial charge >= 0.3 is 12.1 Å². The molecule has 1 fully saturated rings. The van der Waals surface area contributed by atoms with Gasteiger partial charge in [0.1, 0.15) is 5.60 Å². The molecule has 1 N–H and O–H groups in total. The van der Waals surface area contributed by atoms with Gasteiger partial charge in [0.25, 0.3) is 0 Å². The highest BCUT2D eigenvalue weighted by Crippen LogP contribution is 2.32. The average molecular weight is 305 g/mol. The molecule has 0 heterocycles. The van der Waals surface area contributed by atoms with E-state index in [9.17, 15) is 14.7 Å². The van der Waals surface area contributed by atoms with Gasteiger partial charge in [0.2, 0.25) is 0 Å². The lowest BCUT2D eigenvalue weighted by atomic mass is 10.1. The van der Waals surface area contributed by atoms with E-state index < -0.39 is 17.7 Å². The normalized spacial score (nSPS) is 14.5. The summed E-state index contributed by atoms with van der Waals surface area (Å²) < 4.78 is 5.46. The predicted molar refractivity (Wildman–Crippen MR) is 84.4 cm³/mol. The van der Waals surface area contributed by atoms with Crippen molar-refractivity contribution in [2.75, 3.05) is 11.4 Å². The zero-order chi connectivity index (χ0) is 16.5. The highest BCUT2D eigenvalue weighted by atomic mass is 16.6. The van der Waals surface area contributed by atoms with Gasteiger partial charge in [-0.3, -0.25) is 4.90 Å². The molecule has 5 nitrogen and oxygen atoms in total. The second-order valence-corrected chi connectivity index (χ2v) is 6.90. The van der Waals surface area contributed by atoms with E-state index >= 15 is 0 Å². The van der Waals surface area contributed by atoms with Gasteiger partial charge in [-0.2, -0.15) is 0 Å². The Morgan fingerprint density at radius 3 is 2.41 bits per heavy atom. The Morgan fingerprint density at radius 2 is 1.91 bits per heavy atom. The number of carbonyl (C=O) groups excluding carboxylic acids is 1. The minimum atomic E-state index is -1.000. The molecule has 1 saturated carbocycles. The van der Waals surface area contributed by atoms with Crippen LogP contribution in [0, 0.1) is 12.8 Å². The first-order valence-corrected chi connectivity index (χ1v) is 7.51. The molecule has 5 heteroatoms. The maximum absolute atomic E-state index is 12.5. The summed E-state index contributed by atoms with van der Waals surface area (Å²) >= 11 is 0. The third kappa shape index (κ3) is 4.48. The molecular formula is C17H23NO4. The molecule has 120 valence electrons. The SMILES string of the molecule is Cc1cc(C(=O)O)cc(N(CC2CC2)C(=O)OC(C)(C)C)c1. The lowest BCUT2D eigenvalue weighted by Gasteiger charge is -2.28. The van der Waals surface area contributed by atoms with Crippen LogP contribution in [0.1, 0.15) is 49.5 Å². The first kappa shape index (κ1) is 16.3. The van der Waals surface area contributed by atoms with Crippen molar-refractivity contribution in [2.24, 2.45) is 5.92 Å². The van der Waals surface area contributed by atoms with Gasteiger partial charge < -0.3 is 9.84 Å². The van der Waals surface area contributed by atoms with Crippen LogP contribution in [0.5, 0.6) is 0 Å². The van der Waals surface area contributed by atoms with Gasteiger partial charge in [0, 0.05) is 12.2 Å². The van der Waals surface area contributed by atoms with E-state index in [2.05, 4.69) is 0 Å². The molecule has 1 aromatic rings. The third-order valence-corrected chi connectivity index (χ3v) is 3.37. The first-order valence-electron chi connectivity index (χ1n) is 7.51. The number of hydrogen-bond donors (Lipinski definition) is 1. The number of aryl methyl sites for hydroxylation is 1. The van der Waals surface area contributed by atoms with Crippen LogP contribution >= 0.6 is 0 Å². The smallest absolute Gasteiger partial charge is 0.414 e. The molecule has 2 rings (SSSR count). The van der Waals surface area contributed by atoms with Gasteiger partial charge in [-0.05, 0) is 70.2 Å². The van der Waals surface area contributed by atoms with Crippen LogP contribution in [0.4, 0.5) is 10.5 Å². The number of anilines is 1. The quantitative estimate of drug-likeness (QED) is 0.917. The molecule has 1 aliphatic rings. The van der Waals surface area contributed by atoms with E-state index in [-0.39, 0.29) is 5.56 Å². The minimum absolute atomic E-state index is 0.180. The van der Waals surface area contributed by atoms with Gasteiger partial charge in [-0.15, -0.1) is 0 Å². The molecular weight excluding hydrogens is 282 g/mol. The highest BCUT2D eigenvalue weighted by Gasteiger charge is 2.30. The number of amides is 1. The molecule has 22 heavy (non-hydrogen) atoms. The summed E-state index contributed by atoms with van der Waals surface area (Å²) in [5.74, 6) is -0.526. The first-order chi connectivity index (χ1) is 10.2. The van der Waals surface area contributed by atoms with Crippen LogP contribution in [0.3, 0.4) is 0 Å². The van der Waals surface area contributed by atoms with Crippen LogP contribution in [0.15, 0.2) is 18.2 Å². The fraction of sp³-hybridized carbons (Fsp3) is 0.529. The molecule has 0 unspecified atom stereocenters. The molecule has 0 bridgehead atoms. The summed E-state index contributed by atoms with van der Waals surface area (Å²) in [5.41, 5.74) is 0.982. The van der Waals surface area contributed by atoms with Crippen LogP contribution < -0.4 is 4.90 Å². The van der Waals surface area contributed by atoms with Crippen molar-refractivity contribution in [3.05, 3.63) is 29.3 Å². The standard InChI is InChI=1S/C17H23NO4/c1-11-7-13(15(19)20)9-14(8-11)18(10-12-5-6-12)16(21)22-17(2,3)4/h7-9,12H,5-6,10H2,1-4H3,(H,19,20). The maximum Gasteiger partial charge on any atom is 0.414 e. The molecule has 0 atom stereocenters. The van der Waals surface area contributed by atoms with E-state index in [1.54, 1.807) is 11.0 Å². The van der Waals surface area contributed by atoms with E-state index in [1.807, 2.05) is 33.8 Å². The zero-order valence-corrected chi connectivity index (χ0v) is 13.5. The lowest BCUT2D eigenvalue weighted by Crippen LogP contribution is -2.38. The lowest BCUT2D eigenvalue weighted by molar-refractivity contribution is 0.0576. The number of hydrogen-bond acceptors (Lipinski definition) is 3. The van der Waals surface area contributed by atoms with Gasteiger partial charge in [0.05, 0.1) is 5.56 Å². The Kier molecular flexibility index (Phi) is 4.44. The second-order valence-electron chi connectivity index (χ2n) is 6.90. The Hall–Kier alpha value is -2.04. The number of carboxylic acids is 1. The average Bonchev–Trinajstić information content (AvgIpc) is 3.16. The number of benzene rings is 1. The Balaban J connectivity index is 2.32. The summed E-state index contributed by atoms with van der Waals surface area (Å²) in [6.45, 7) is 7.84. The summed E-state index contributed by atoms with van der Waals surface area (Å²) in [6, 6.07) is 4.94. The summed E-state index contributed by atoms with van der Waals surface area (Å²) in [5, 5.41) is 9.20. The Bertz CT molecular complexity index is 585. The number of ether oxygens (including phenoxy) is 1. The molecule has 1 amide bonds. The molecule has 0 radical (unpaired) electrons. The Labute approximate surface area is 130 Å². The fourth-order valence-corrected chi connectivity index (χ4v) is 2.20. The number of nitrogens with zero attached hydrogens (tertiary/aromatic N) is 1. The predicted octanol–water partition coefficient (Wildman–Crippen LogP) is 3.84. The van der Waals surface area contributed by atoms with Crippen LogP contribution in [-0.2, 0) is 4.74 Å². The van der Waals surface area contributed by atoms with E-state index in [1.165, 1.54) is 6.07 Å². The molecule has 0 saturated heterocycles. The van der Waals surface area contributed by atoms with Crippen LogP contribution in [-0.4, -0.2) is 29.3 Å². The fourth-order valence-electron chi connectivity index (χ4n) is 2.20. The van der Waals surface area contributed by atoms with Crippen molar-refractivity contribution in [1.82, 2.24) is 0 Å². The van der Waals surface area contributed by atoms with Crippen molar-refractivity contribution >= 4 is 17.7 Å². The Morgan fingerprint density at radius 1 is 1.27 bits per heavy atom. The van der Waals surface area contributed by atoms with E-state index in [0.717, 1.165) is 18.4 Å². The molecule has 0 aliphatic heterocycles. The van der Waals surface area contributed by atoms with Crippen molar-refractivity contribution in [3.8, 4) is 0 Å². The molecule has 1 aromatic carbocycles. The van der Waals surface area contributed by atoms with Gasteiger partial charge in [-0.1, -0.05) is 0 Å². The summed E-state index contributed by atoms with van der Waals surface area (Å²) in [4.78, 5) is 25.3. The maximum atomic E-state index is 12.5. The van der Waals surface area contributed by atoms with E-state index in [4.69, 9.17) is 4.74 Å². The highest BCUT2D eigenvalue weighted by molar-refractivity contribution is 5.93. The van der Waals surface area contributed by atoms with E-state index in [0.29, 0.717) is 18.2 Å². The third-order valence-electron chi connectivity index (χ3n) is 3.37. The number of rotatable bonds is 4. The van der Waals surface area contributed by atoms with Gasteiger partial charge in [0.15, 0.2) is 0 Å². The summed E-state index contributed by atoms with van der Waals surface area (Å²) in [7, 11) is 0. The minimum Gasteiger partial charge on any atom is -0.478 e. The largest absolute Gasteiger partial charge is 0.478 e. The topological polar surface area (TPSA) is 66.8 Å². The van der Waals surface area contributed by atoms with Crippen molar-refractivity contribution in [2.45, 2.75) is 46.1 Å². The number of carboxylic acid groups (broad SMARTS) is 1. The molecule has 0 aromatic heterocycles. The monoisotopic (exact) mass is 305 g/mol.